The molecule has 0 spiro atoms. The first kappa shape index (κ1) is 15.2. The summed E-state index contributed by atoms with van der Waals surface area (Å²) in [5.41, 5.74) is 0.812. The van der Waals surface area contributed by atoms with E-state index in [1.54, 1.807) is 30.1 Å². The molecule has 0 aliphatic carbocycles. The number of hydrogen-bond donors (Lipinski definition) is 0. The summed E-state index contributed by atoms with van der Waals surface area (Å²) in [6.07, 6.45) is -4.64. The third kappa shape index (κ3) is 3.08. The molecule has 2 heterocycles. The van der Waals surface area contributed by atoms with E-state index in [9.17, 15) is 17.6 Å². The van der Waals surface area contributed by atoms with Crippen molar-refractivity contribution in [3.63, 3.8) is 0 Å². The lowest BCUT2D eigenvalue weighted by Crippen LogP contribution is -2.20. The quantitative estimate of drug-likeness (QED) is 0.695. The summed E-state index contributed by atoms with van der Waals surface area (Å²) in [6, 6.07) is 8.80. The molecule has 2 aromatic heterocycles. The van der Waals surface area contributed by atoms with Crippen LogP contribution in [0.2, 0.25) is 0 Å². The summed E-state index contributed by atoms with van der Waals surface area (Å²) in [5.74, 6) is -1.22. The summed E-state index contributed by atoms with van der Waals surface area (Å²) in [6.45, 7) is 0.363. The van der Waals surface area contributed by atoms with Crippen molar-refractivity contribution < 1.29 is 17.6 Å². The van der Waals surface area contributed by atoms with Crippen molar-refractivity contribution in [1.29, 1.82) is 0 Å². The summed E-state index contributed by atoms with van der Waals surface area (Å²) < 4.78 is 52.1. The van der Waals surface area contributed by atoms with Gasteiger partial charge in [0.05, 0.1) is 0 Å². The highest BCUT2D eigenvalue weighted by Crippen LogP contribution is 2.27. The van der Waals surface area contributed by atoms with Crippen molar-refractivity contribution >= 4 is 11.5 Å². The minimum atomic E-state index is -4.64. The van der Waals surface area contributed by atoms with Crippen LogP contribution in [0.4, 0.5) is 23.4 Å². The van der Waals surface area contributed by atoms with Crippen LogP contribution in [0.5, 0.6) is 0 Å². The Morgan fingerprint density at radius 3 is 2.39 bits per heavy atom. The van der Waals surface area contributed by atoms with Crippen molar-refractivity contribution in [2.45, 2.75) is 12.7 Å². The van der Waals surface area contributed by atoms with Gasteiger partial charge in [-0.15, -0.1) is 15.3 Å². The maximum atomic E-state index is 12.9. The molecule has 0 radical (unpaired) electrons. The third-order valence-corrected chi connectivity index (χ3v) is 3.23. The van der Waals surface area contributed by atoms with E-state index >= 15 is 0 Å². The Kier molecular flexibility index (Phi) is 3.63. The summed E-state index contributed by atoms with van der Waals surface area (Å²) in [4.78, 5) is 1.65. The van der Waals surface area contributed by atoms with Gasteiger partial charge in [0.15, 0.2) is 5.65 Å². The Balaban J connectivity index is 1.91. The predicted octanol–water partition coefficient (Wildman–Crippen LogP) is 2.92. The van der Waals surface area contributed by atoms with Gasteiger partial charge in [-0.05, 0) is 29.8 Å². The van der Waals surface area contributed by atoms with Crippen LogP contribution in [-0.2, 0) is 12.7 Å². The fourth-order valence-electron chi connectivity index (χ4n) is 2.10. The Morgan fingerprint density at radius 2 is 1.74 bits per heavy atom. The SMILES string of the molecule is CN(Cc1ccc(F)cc1)c1ccc2nnc(C(F)(F)F)n2n1. The van der Waals surface area contributed by atoms with Crippen LogP contribution in [-0.4, -0.2) is 26.9 Å². The van der Waals surface area contributed by atoms with Crippen LogP contribution in [0.25, 0.3) is 5.65 Å². The number of nitrogens with zero attached hydrogens (tertiary/aromatic N) is 5. The summed E-state index contributed by atoms with van der Waals surface area (Å²) >= 11 is 0. The van der Waals surface area contributed by atoms with Crippen molar-refractivity contribution in [2.24, 2.45) is 0 Å². The summed E-state index contributed by atoms with van der Waals surface area (Å²) in [5, 5.41) is 10.5. The van der Waals surface area contributed by atoms with E-state index in [0.717, 1.165) is 5.56 Å². The van der Waals surface area contributed by atoms with Gasteiger partial charge in [0, 0.05) is 13.6 Å². The number of halogens is 4. The molecule has 0 bridgehead atoms. The minimum absolute atomic E-state index is 0.0104. The van der Waals surface area contributed by atoms with Gasteiger partial charge in [0.25, 0.3) is 5.82 Å². The van der Waals surface area contributed by atoms with Gasteiger partial charge in [0.1, 0.15) is 11.6 Å². The molecule has 0 N–H and O–H groups in total. The molecule has 0 saturated carbocycles. The largest absolute Gasteiger partial charge is 0.453 e. The first-order valence-electron chi connectivity index (χ1n) is 6.60. The van der Waals surface area contributed by atoms with Gasteiger partial charge in [-0.1, -0.05) is 12.1 Å². The van der Waals surface area contributed by atoms with Crippen LogP contribution in [0.15, 0.2) is 36.4 Å². The lowest BCUT2D eigenvalue weighted by atomic mass is 10.2. The second kappa shape index (κ2) is 5.49. The molecule has 1 aromatic carbocycles. The minimum Gasteiger partial charge on any atom is -0.354 e. The highest BCUT2D eigenvalue weighted by Gasteiger charge is 2.37. The highest BCUT2D eigenvalue weighted by atomic mass is 19.4. The average Bonchev–Trinajstić information content (AvgIpc) is 2.92. The van der Waals surface area contributed by atoms with E-state index in [1.165, 1.54) is 18.2 Å². The zero-order chi connectivity index (χ0) is 16.6. The molecule has 3 aromatic rings. The van der Waals surface area contributed by atoms with E-state index in [-0.39, 0.29) is 11.5 Å². The number of anilines is 1. The summed E-state index contributed by atoms with van der Waals surface area (Å²) in [7, 11) is 1.68. The number of hydrogen-bond acceptors (Lipinski definition) is 4. The lowest BCUT2D eigenvalue weighted by molar-refractivity contribution is -0.146. The second-order valence-electron chi connectivity index (χ2n) is 4.97. The average molecular weight is 325 g/mol. The zero-order valence-electron chi connectivity index (χ0n) is 11.9. The van der Waals surface area contributed by atoms with Crippen molar-refractivity contribution in [2.75, 3.05) is 11.9 Å². The zero-order valence-corrected chi connectivity index (χ0v) is 11.9. The van der Waals surface area contributed by atoms with Crippen LogP contribution < -0.4 is 4.90 Å². The Bertz CT molecular complexity index is 825. The first-order valence-corrected chi connectivity index (χ1v) is 6.60. The van der Waals surface area contributed by atoms with Crippen LogP contribution in [0.3, 0.4) is 0 Å². The van der Waals surface area contributed by atoms with Gasteiger partial charge < -0.3 is 4.90 Å². The molecule has 0 fully saturated rings. The van der Waals surface area contributed by atoms with Gasteiger partial charge >= 0.3 is 6.18 Å². The lowest BCUT2D eigenvalue weighted by Gasteiger charge is -2.18. The standard InChI is InChI=1S/C14H11F4N5/c1-22(8-9-2-4-10(15)5-3-9)12-7-6-11-19-20-13(14(16,17)18)23(11)21-12/h2-7H,8H2,1H3. The number of rotatable bonds is 3. The van der Waals surface area contributed by atoms with Crippen LogP contribution >= 0.6 is 0 Å². The van der Waals surface area contributed by atoms with Crippen molar-refractivity contribution in [3.05, 3.63) is 53.6 Å². The molecular formula is C14H11F4N5. The number of benzene rings is 1. The number of fused-ring (bicyclic) bond motifs is 1. The van der Waals surface area contributed by atoms with E-state index in [0.29, 0.717) is 16.9 Å². The Morgan fingerprint density at radius 1 is 1.04 bits per heavy atom. The van der Waals surface area contributed by atoms with E-state index < -0.39 is 12.0 Å². The maximum Gasteiger partial charge on any atom is 0.453 e. The topological polar surface area (TPSA) is 46.3 Å². The molecule has 0 unspecified atom stereocenters. The molecule has 5 nitrogen and oxygen atoms in total. The number of aromatic nitrogens is 4. The molecule has 3 rings (SSSR count). The van der Waals surface area contributed by atoms with E-state index in [4.69, 9.17) is 0 Å². The Hall–Kier alpha value is -2.71. The normalized spacial score (nSPS) is 11.9. The smallest absolute Gasteiger partial charge is 0.354 e. The van der Waals surface area contributed by atoms with E-state index in [2.05, 4.69) is 15.3 Å². The van der Waals surface area contributed by atoms with E-state index in [1.807, 2.05) is 0 Å². The molecule has 0 atom stereocenters. The first-order chi connectivity index (χ1) is 10.8. The van der Waals surface area contributed by atoms with Gasteiger partial charge in [0.2, 0.25) is 0 Å². The molecule has 120 valence electrons. The van der Waals surface area contributed by atoms with Crippen molar-refractivity contribution in [3.8, 4) is 0 Å². The van der Waals surface area contributed by atoms with Crippen molar-refractivity contribution in [1.82, 2.24) is 19.8 Å². The predicted molar refractivity (Wildman–Crippen MR) is 74.3 cm³/mol. The second-order valence-corrected chi connectivity index (χ2v) is 4.97. The molecule has 0 aliphatic heterocycles. The fraction of sp³-hybridized carbons (Fsp3) is 0.214. The van der Waals surface area contributed by atoms with Gasteiger partial charge in [-0.3, -0.25) is 0 Å². The molecule has 0 aliphatic rings. The fourth-order valence-corrected chi connectivity index (χ4v) is 2.10. The molecule has 0 amide bonds. The third-order valence-electron chi connectivity index (χ3n) is 3.23. The van der Waals surface area contributed by atoms with Gasteiger partial charge in [-0.2, -0.15) is 17.7 Å². The van der Waals surface area contributed by atoms with Crippen LogP contribution in [0.1, 0.15) is 11.4 Å². The molecular weight excluding hydrogens is 314 g/mol. The number of alkyl halides is 3. The molecule has 23 heavy (non-hydrogen) atoms. The monoisotopic (exact) mass is 325 g/mol. The molecule has 0 saturated heterocycles. The van der Waals surface area contributed by atoms with Gasteiger partial charge in [-0.25, -0.2) is 4.39 Å². The highest BCUT2D eigenvalue weighted by molar-refractivity contribution is 5.46. The molecule has 9 heteroatoms. The Labute approximate surface area is 128 Å². The maximum absolute atomic E-state index is 12.9. The van der Waals surface area contributed by atoms with Crippen LogP contribution in [0, 0.1) is 5.82 Å².